The van der Waals surface area contributed by atoms with Crippen LogP contribution in [-0.4, -0.2) is 28.4 Å². The van der Waals surface area contributed by atoms with E-state index in [2.05, 4.69) is 15.2 Å². The van der Waals surface area contributed by atoms with Gasteiger partial charge in [-0.15, -0.1) is 0 Å². The van der Waals surface area contributed by atoms with Gasteiger partial charge in [-0.25, -0.2) is 4.98 Å². The van der Waals surface area contributed by atoms with Crippen molar-refractivity contribution >= 4 is 29.1 Å². The maximum Gasteiger partial charge on any atom is 0.273 e. The van der Waals surface area contributed by atoms with Crippen LogP contribution in [0, 0.1) is 5.92 Å². The Morgan fingerprint density at radius 2 is 2.08 bits per heavy atom. The lowest BCUT2D eigenvalue weighted by atomic mass is 10.2. The lowest BCUT2D eigenvalue weighted by molar-refractivity contribution is 0.0944. The molecule has 26 heavy (non-hydrogen) atoms. The van der Waals surface area contributed by atoms with E-state index in [1.807, 2.05) is 32.0 Å². The smallest absolute Gasteiger partial charge is 0.273 e. The fourth-order valence-electron chi connectivity index (χ4n) is 2.68. The second-order valence-corrected chi connectivity index (χ2v) is 7.93. The van der Waals surface area contributed by atoms with Gasteiger partial charge in [-0.2, -0.15) is 0 Å². The van der Waals surface area contributed by atoms with Crippen LogP contribution in [0.3, 0.4) is 0 Å². The molecule has 0 atom stereocenters. The molecule has 0 radical (unpaired) electrons. The molecule has 1 heterocycles. The first-order chi connectivity index (χ1) is 12.4. The average molecular weight is 396 g/mol. The number of hydrogen-bond acceptors (Lipinski definition) is 4. The molecule has 1 aliphatic rings. The Kier molecular flexibility index (Phi) is 6.22. The van der Waals surface area contributed by atoms with E-state index >= 15 is 0 Å². The molecule has 3 rings (SSSR count). The summed E-state index contributed by atoms with van der Waals surface area (Å²) in [6, 6.07) is 6.19. The molecule has 0 unspecified atom stereocenters. The van der Waals surface area contributed by atoms with Gasteiger partial charge in [0.1, 0.15) is 6.26 Å². The Bertz CT molecular complexity index is 772. The molecule has 1 fully saturated rings. The van der Waals surface area contributed by atoms with Crippen molar-refractivity contribution in [2.24, 2.45) is 5.92 Å². The predicted molar refractivity (Wildman–Crippen MR) is 102 cm³/mol. The highest BCUT2D eigenvalue weighted by atomic mass is 35.5. The monoisotopic (exact) mass is 395 g/mol. The first kappa shape index (κ1) is 19.2. The molecule has 140 valence electrons. The summed E-state index contributed by atoms with van der Waals surface area (Å²) >= 11 is 12.1. The standard InChI is InChI=1S/C19H23Cl2N3O2/c1-12(2)8-22-19(25)17-11-26-18(23-17)10-24(14-4-5-14)9-13-3-6-15(20)16(21)7-13/h3,6-7,11-12,14H,4-5,8-10H2,1-2H3,(H,22,25). The maximum atomic E-state index is 12.1. The molecular formula is C19H23Cl2N3O2. The number of aromatic nitrogens is 1. The van der Waals surface area contributed by atoms with E-state index in [4.69, 9.17) is 27.6 Å². The average Bonchev–Trinajstić information content (AvgIpc) is 3.34. The van der Waals surface area contributed by atoms with Crippen LogP contribution in [0.1, 0.15) is 48.6 Å². The largest absolute Gasteiger partial charge is 0.447 e. The summed E-state index contributed by atoms with van der Waals surface area (Å²) in [5.74, 6) is 0.740. The molecule has 1 aliphatic carbocycles. The molecule has 1 N–H and O–H groups in total. The first-order valence-electron chi connectivity index (χ1n) is 8.83. The number of carbonyl (C=O) groups is 1. The molecule has 1 amide bonds. The zero-order valence-corrected chi connectivity index (χ0v) is 16.5. The normalized spacial score (nSPS) is 14.2. The van der Waals surface area contributed by atoms with Crippen LogP contribution in [0.4, 0.5) is 0 Å². The Hall–Kier alpha value is -1.56. The molecule has 0 spiro atoms. The summed E-state index contributed by atoms with van der Waals surface area (Å²) in [4.78, 5) is 18.7. The number of nitrogens with one attached hydrogen (secondary N) is 1. The minimum absolute atomic E-state index is 0.198. The molecule has 0 aliphatic heterocycles. The highest BCUT2D eigenvalue weighted by Gasteiger charge is 2.30. The van der Waals surface area contributed by atoms with Crippen molar-refractivity contribution in [2.45, 2.75) is 45.8 Å². The predicted octanol–water partition coefficient (Wildman–Crippen LogP) is 4.53. The van der Waals surface area contributed by atoms with Crippen LogP contribution in [0.2, 0.25) is 10.0 Å². The Morgan fingerprint density at radius 1 is 1.31 bits per heavy atom. The summed E-state index contributed by atoms with van der Waals surface area (Å²) in [5, 5.41) is 3.96. The van der Waals surface area contributed by atoms with Gasteiger partial charge < -0.3 is 9.73 Å². The van der Waals surface area contributed by atoms with E-state index in [1.54, 1.807) is 0 Å². The Morgan fingerprint density at radius 3 is 2.73 bits per heavy atom. The van der Waals surface area contributed by atoms with Crippen LogP contribution in [0.5, 0.6) is 0 Å². The molecule has 0 bridgehead atoms. The van der Waals surface area contributed by atoms with Gasteiger partial charge in [0.2, 0.25) is 5.89 Å². The number of nitrogens with zero attached hydrogens (tertiary/aromatic N) is 2. The van der Waals surface area contributed by atoms with Gasteiger partial charge in [0.15, 0.2) is 5.69 Å². The number of halogens is 2. The Labute approximate surface area is 163 Å². The summed E-state index contributed by atoms with van der Waals surface area (Å²) in [6.07, 6.45) is 3.74. The van der Waals surface area contributed by atoms with Crippen LogP contribution in [0.25, 0.3) is 0 Å². The summed E-state index contributed by atoms with van der Waals surface area (Å²) in [6.45, 7) is 6.00. The molecule has 1 saturated carbocycles. The fourth-order valence-corrected chi connectivity index (χ4v) is 3.00. The first-order valence-corrected chi connectivity index (χ1v) is 9.58. The van der Waals surface area contributed by atoms with Gasteiger partial charge in [0.05, 0.1) is 16.6 Å². The van der Waals surface area contributed by atoms with Crippen LogP contribution < -0.4 is 5.32 Å². The highest BCUT2D eigenvalue weighted by Crippen LogP contribution is 2.31. The van der Waals surface area contributed by atoms with Crippen LogP contribution >= 0.6 is 23.2 Å². The number of oxazole rings is 1. The zero-order valence-electron chi connectivity index (χ0n) is 15.0. The van der Waals surface area contributed by atoms with Crippen molar-refractivity contribution in [3.05, 3.63) is 51.7 Å². The van der Waals surface area contributed by atoms with Crippen molar-refractivity contribution in [3.63, 3.8) is 0 Å². The highest BCUT2D eigenvalue weighted by molar-refractivity contribution is 6.42. The molecule has 2 aromatic rings. The van der Waals surface area contributed by atoms with E-state index in [1.165, 1.54) is 6.26 Å². The fraction of sp³-hybridized carbons (Fsp3) is 0.474. The quantitative estimate of drug-likeness (QED) is 0.712. The number of benzene rings is 1. The summed E-state index contributed by atoms with van der Waals surface area (Å²) in [7, 11) is 0. The third-order valence-electron chi connectivity index (χ3n) is 4.23. The lowest BCUT2D eigenvalue weighted by Gasteiger charge is -2.20. The second kappa shape index (κ2) is 8.42. The van der Waals surface area contributed by atoms with Gasteiger partial charge in [-0.05, 0) is 36.5 Å². The zero-order chi connectivity index (χ0) is 18.7. The molecule has 5 nitrogen and oxygen atoms in total. The minimum atomic E-state index is -0.198. The number of amides is 1. The molecule has 1 aromatic carbocycles. The Balaban J connectivity index is 1.63. The third-order valence-corrected chi connectivity index (χ3v) is 4.97. The minimum Gasteiger partial charge on any atom is -0.447 e. The molecular weight excluding hydrogens is 373 g/mol. The molecule has 7 heteroatoms. The van der Waals surface area contributed by atoms with Crippen molar-refractivity contribution in [2.75, 3.05) is 6.54 Å². The van der Waals surface area contributed by atoms with Crippen molar-refractivity contribution in [1.29, 1.82) is 0 Å². The third kappa shape index (κ3) is 5.22. The van der Waals surface area contributed by atoms with E-state index in [9.17, 15) is 4.79 Å². The van der Waals surface area contributed by atoms with Gasteiger partial charge in [0.25, 0.3) is 5.91 Å². The van der Waals surface area contributed by atoms with Gasteiger partial charge >= 0.3 is 0 Å². The summed E-state index contributed by atoms with van der Waals surface area (Å²) < 4.78 is 5.52. The van der Waals surface area contributed by atoms with Crippen LogP contribution in [-0.2, 0) is 13.1 Å². The number of hydrogen-bond donors (Lipinski definition) is 1. The number of rotatable bonds is 8. The lowest BCUT2D eigenvalue weighted by Crippen LogP contribution is -2.28. The summed E-state index contributed by atoms with van der Waals surface area (Å²) in [5.41, 5.74) is 1.42. The van der Waals surface area contributed by atoms with Gasteiger partial charge in [-0.1, -0.05) is 43.1 Å². The van der Waals surface area contributed by atoms with Crippen molar-refractivity contribution in [1.82, 2.24) is 15.2 Å². The SMILES string of the molecule is CC(C)CNC(=O)c1coc(CN(Cc2ccc(Cl)c(Cl)c2)C2CC2)n1. The molecule has 0 saturated heterocycles. The topological polar surface area (TPSA) is 58.4 Å². The molecule has 1 aromatic heterocycles. The van der Waals surface area contributed by atoms with Crippen LogP contribution in [0.15, 0.2) is 28.9 Å². The van der Waals surface area contributed by atoms with Gasteiger partial charge in [0, 0.05) is 19.1 Å². The van der Waals surface area contributed by atoms with Crippen molar-refractivity contribution < 1.29 is 9.21 Å². The van der Waals surface area contributed by atoms with E-state index in [0.717, 1.165) is 24.9 Å². The second-order valence-electron chi connectivity index (χ2n) is 7.11. The van der Waals surface area contributed by atoms with Gasteiger partial charge in [-0.3, -0.25) is 9.69 Å². The van der Waals surface area contributed by atoms with E-state index < -0.39 is 0 Å². The van der Waals surface area contributed by atoms with E-state index in [0.29, 0.717) is 46.7 Å². The maximum absolute atomic E-state index is 12.1. The number of carbonyl (C=O) groups excluding carboxylic acids is 1. The van der Waals surface area contributed by atoms with E-state index in [-0.39, 0.29) is 5.91 Å². The van der Waals surface area contributed by atoms with Crippen molar-refractivity contribution in [3.8, 4) is 0 Å².